The number of aromatic hydroxyl groups is 2. The maximum absolute atomic E-state index is 13.0. The number of nitrogens with one attached hydrogen (secondary N) is 2. The molecule has 364 valence electrons. The van der Waals surface area contributed by atoms with Gasteiger partial charge in [-0.3, -0.25) is 49.8 Å². The minimum absolute atomic E-state index is 0.173. The van der Waals surface area contributed by atoms with Crippen molar-refractivity contribution in [1.29, 1.82) is 10.5 Å². The summed E-state index contributed by atoms with van der Waals surface area (Å²) < 4.78 is 6.79. The number of carbonyl (C=O) groups is 2. The lowest BCUT2D eigenvalue weighted by atomic mass is 10.0. The van der Waals surface area contributed by atoms with Crippen LogP contribution in [0.2, 0.25) is 0 Å². The molecule has 2 aliphatic rings. The lowest BCUT2D eigenvalue weighted by Crippen LogP contribution is -2.35. The van der Waals surface area contributed by atoms with Crippen LogP contribution >= 0.6 is 23.5 Å². The molecule has 4 heterocycles. The number of allylic oxidation sites excluding steroid dienone is 2. The molecule has 2 aliphatic heterocycles. The van der Waals surface area contributed by atoms with Crippen LogP contribution in [-0.4, -0.2) is 98.9 Å². The van der Waals surface area contributed by atoms with Crippen LogP contribution in [0.4, 0.5) is 0 Å². The van der Waals surface area contributed by atoms with Gasteiger partial charge in [-0.25, -0.2) is 0 Å². The van der Waals surface area contributed by atoms with Crippen LogP contribution in [0.1, 0.15) is 65.2 Å². The van der Waals surface area contributed by atoms with Gasteiger partial charge < -0.3 is 14.9 Å². The predicted molar refractivity (Wildman–Crippen MR) is 282 cm³/mol. The van der Waals surface area contributed by atoms with E-state index in [1.165, 1.54) is 23.5 Å². The second kappa shape index (κ2) is 22.5. The molecule has 2 unspecified atom stereocenters. The van der Waals surface area contributed by atoms with Gasteiger partial charge in [-0.05, 0) is 102 Å². The standard InChI is InChI=1S/C27H25N5O4S.C26H23N5O3S/c1-16-20(14-22-23(29-27(37-22)31(2)3)18-11-8-12-19(13-18)36-4)25(34)32(26(35)21(16)15-28)30-24(33)17-9-6-5-7-10-17;1-16-19(14-21-22(17-10-6-4-7-11-17)28-26(35-21)30(2)3)24(33)31(25(34)20(16)15-27)29-23(32)18-12-8-5-9-13-18/h5-14,27,34H,1-4H3,(H,30,33);4-14,26,33H,1-3H3,(H,29,32). The van der Waals surface area contributed by atoms with Gasteiger partial charge in [0.25, 0.3) is 22.9 Å². The van der Waals surface area contributed by atoms with Crippen molar-refractivity contribution in [3.05, 3.63) is 201 Å². The zero-order valence-electron chi connectivity index (χ0n) is 40.1. The molecule has 4 N–H and O–H groups in total. The molecule has 0 radical (unpaired) electrons. The van der Waals surface area contributed by atoms with Crippen molar-refractivity contribution in [2.75, 3.05) is 46.2 Å². The fraction of sp³-hybridized carbons (Fsp3) is 0.170. The Hall–Kier alpha value is -8.46. The number of pyridine rings is 2. The van der Waals surface area contributed by atoms with Gasteiger partial charge >= 0.3 is 0 Å². The van der Waals surface area contributed by atoms with Crippen molar-refractivity contribution in [1.82, 2.24) is 19.2 Å². The number of methoxy groups -OCH3 is 1. The number of nitrogens with zero attached hydrogens (tertiary/aromatic N) is 8. The van der Waals surface area contributed by atoms with Crippen LogP contribution in [0.3, 0.4) is 0 Å². The Kier molecular flexibility index (Phi) is 16.1. The predicted octanol–water partition coefficient (Wildman–Crippen LogP) is 7.09. The number of carbonyl (C=O) groups excluding carboxylic acids is 2. The quantitative estimate of drug-likeness (QED) is 0.102. The number of rotatable bonds is 11. The van der Waals surface area contributed by atoms with E-state index in [2.05, 4.69) is 10.9 Å². The molecule has 4 aromatic carbocycles. The number of hydrogen-bond acceptors (Lipinski definition) is 15. The second-order valence-electron chi connectivity index (χ2n) is 16.5. The fourth-order valence-corrected chi connectivity index (χ4v) is 9.49. The minimum atomic E-state index is -0.823. The molecular formula is C53H48N10O7S2. The third kappa shape index (κ3) is 10.9. The number of aliphatic imine (C=N–C) groups is 2. The summed E-state index contributed by atoms with van der Waals surface area (Å²) in [4.78, 5) is 66.4. The Balaban J connectivity index is 0.000000212. The highest BCUT2D eigenvalue weighted by atomic mass is 32.2. The molecule has 8 rings (SSSR count). The monoisotopic (exact) mass is 1000 g/mol. The summed E-state index contributed by atoms with van der Waals surface area (Å²) in [5.41, 5.74) is 7.23. The Labute approximate surface area is 423 Å². The number of aromatic nitrogens is 2. The average molecular weight is 1000 g/mol. The van der Waals surface area contributed by atoms with E-state index in [1.807, 2.05) is 105 Å². The summed E-state index contributed by atoms with van der Waals surface area (Å²) in [6.07, 6.45) is 3.39. The average Bonchev–Trinajstić information content (AvgIpc) is 4.03. The molecule has 17 nitrogen and oxygen atoms in total. The number of nitriles is 2. The first-order valence-electron chi connectivity index (χ1n) is 22.0. The zero-order valence-corrected chi connectivity index (χ0v) is 41.7. The van der Waals surface area contributed by atoms with Crippen molar-refractivity contribution < 1.29 is 24.5 Å². The van der Waals surface area contributed by atoms with E-state index >= 15 is 0 Å². The Morgan fingerprint density at radius 1 is 0.639 bits per heavy atom. The topological polar surface area (TPSA) is 231 Å². The van der Waals surface area contributed by atoms with E-state index in [-0.39, 0.29) is 33.2 Å². The lowest BCUT2D eigenvalue weighted by molar-refractivity contribution is 0.0997. The van der Waals surface area contributed by atoms with E-state index in [0.717, 1.165) is 26.4 Å². The fourth-order valence-electron chi connectivity index (χ4n) is 7.36. The number of ether oxygens (including phenoxy) is 1. The summed E-state index contributed by atoms with van der Waals surface area (Å²) in [6, 6.07) is 37.5. The minimum Gasteiger partial charge on any atom is -0.497 e. The third-order valence-corrected chi connectivity index (χ3v) is 13.9. The van der Waals surface area contributed by atoms with Crippen LogP contribution in [0.5, 0.6) is 17.5 Å². The number of hydrogen-bond donors (Lipinski definition) is 4. The molecule has 0 saturated heterocycles. The SMILES string of the molecule is COc1cccc(C2=NC(N(C)C)SC2=Cc2c(C)c(C#N)c(=O)n(NC(=O)c3ccccc3)c2O)c1.Cc1c(C=C2SC(N(C)C)N=C2c2ccccc2)c(O)n(NC(=O)c2ccccc2)c(=O)c1C#N. The zero-order chi connectivity index (χ0) is 51.8. The molecule has 72 heavy (non-hydrogen) atoms. The maximum Gasteiger partial charge on any atom is 0.290 e. The molecule has 0 spiro atoms. The highest BCUT2D eigenvalue weighted by Gasteiger charge is 2.30. The van der Waals surface area contributed by atoms with Gasteiger partial charge in [-0.2, -0.15) is 19.9 Å². The van der Waals surface area contributed by atoms with E-state index < -0.39 is 34.7 Å². The van der Waals surface area contributed by atoms with Crippen LogP contribution in [0.15, 0.2) is 145 Å². The van der Waals surface area contributed by atoms with Crippen LogP contribution in [0.25, 0.3) is 12.2 Å². The molecule has 2 atom stereocenters. The van der Waals surface area contributed by atoms with Crippen LogP contribution < -0.4 is 26.7 Å². The largest absolute Gasteiger partial charge is 0.497 e. The highest BCUT2D eigenvalue weighted by Crippen LogP contribution is 2.40. The molecule has 0 fully saturated rings. The smallest absolute Gasteiger partial charge is 0.290 e. The van der Waals surface area contributed by atoms with Gasteiger partial charge in [0.2, 0.25) is 11.8 Å². The first-order valence-corrected chi connectivity index (χ1v) is 23.8. The van der Waals surface area contributed by atoms with E-state index in [4.69, 9.17) is 14.7 Å². The Morgan fingerprint density at radius 2 is 1.03 bits per heavy atom. The maximum atomic E-state index is 13.0. The number of amides is 2. The van der Waals surface area contributed by atoms with Crippen molar-refractivity contribution in [2.45, 2.75) is 24.8 Å². The number of benzene rings is 4. The van der Waals surface area contributed by atoms with E-state index in [0.29, 0.717) is 43.3 Å². The molecule has 6 aromatic rings. The first kappa shape index (κ1) is 51.4. The van der Waals surface area contributed by atoms with Gasteiger partial charge in [0.05, 0.1) is 18.5 Å². The molecule has 0 aliphatic carbocycles. The van der Waals surface area contributed by atoms with E-state index in [1.54, 1.807) is 93.8 Å². The van der Waals surface area contributed by atoms with Gasteiger partial charge in [0.1, 0.15) is 29.0 Å². The normalized spacial score (nSPS) is 16.1. The molecule has 2 aromatic heterocycles. The molecule has 19 heteroatoms. The molecular weight excluding hydrogens is 953 g/mol. The van der Waals surface area contributed by atoms with Crippen LogP contribution in [-0.2, 0) is 0 Å². The van der Waals surface area contributed by atoms with Crippen molar-refractivity contribution in [2.24, 2.45) is 9.98 Å². The van der Waals surface area contributed by atoms with Gasteiger partial charge in [0.15, 0.2) is 11.0 Å². The van der Waals surface area contributed by atoms with Crippen molar-refractivity contribution in [3.63, 3.8) is 0 Å². The summed E-state index contributed by atoms with van der Waals surface area (Å²) in [5, 5.41) is 41.7. The molecule has 0 saturated carbocycles. The van der Waals surface area contributed by atoms with Crippen molar-refractivity contribution in [3.8, 4) is 29.6 Å². The summed E-state index contributed by atoms with van der Waals surface area (Å²) >= 11 is 2.94. The second-order valence-corrected chi connectivity index (χ2v) is 18.7. The lowest BCUT2D eigenvalue weighted by Gasteiger charge is -2.16. The van der Waals surface area contributed by atoms with Gasteiger partial charge in [-0.1, -0.05) is 102 Å². The van der Waals surface area contributed by atoms with Gasteiger partial charge in [0, 0.05) is 43.2 Å². The molecule has 2 amide bonds. The molecule has 0 bridgehead atoms. The van der Waals surface area contributed by atoms with E-state index in [9.17, 15) is 39.9 Å². The number of thioether (sulfide) groups is 2. The summed E-state index contributed by atoms with van der Waals surface area (Å²) in [6.45, 7) is 3.18. The highest BCUT2D eigenvalue weighted by molar-refractivity contribution is 8.05. The van der Waals surface area contributed by atoms with Crippen LogP contribution in [0, 0.1) is 36.5 Å². The van der Waals surface area contributed by atoms with Gasteiger partial charge in [-0.15, -0.1) is 0 Å². The summed E-state index contributed by atoms with van der Waals surface area (Å²) in [5.74, 6) is -1.49. The summed E-state index contributed by atoms with van der Waals surface area (Å²) in [7, 11) is 9.23. The Bertz CT molecular complexity index is 3410. The van der Waals surface area contributed by atoms with Crippen molar-refractivity contribution >= 4 is 58.9 Å². The third-order valence-electron chi connectivity index (χ3n) is 11.3. The first-order chi connectivity index (χ1) is 34.6. The Morgan fingerprint density at radius 3 is 1.42 bits per heavy atom.